The summed E-state index contributed by atoms with van der Waals surface area (Å²) < 4.78 is 34.8. The molecular weight excluding hydrogens is 713 g/mol. The number of aromatic hydroxyl groups is 1. The van der Waals surface area contributed by atoms with E-state index in [1.807, 2.05) is 18.2 Å². The number of methoxy groups -OCH3 is 1. The first-order valence-corrected chi connectivity index (χ1v) is 15.2. The van der Waals surface area contributed by atoms with Crippen LogP contribution in [0.15, 0.2) is 69.9 Å². The van der Waals surface area contributed by atoms with Crippen LogP contribution in [0.5, 0.6) is 23.0 Å². The number of aryl methyl sites for hydroxylation is 1. The van der Waals surface area contributed by atoms with Crippen LogP contribution in [0.4, 0.5) is 4.79 Å². The second-order valence-corrected chi connectivity index (χ2v) is 12.4. The molecule has 4 aromatic rings. The third kappa shape index (κ3) is 6.67. The number of rotatable bonds is 9. The highest BCUT2D eigenvalue weighted by Crippen LogP contribution is 2.38. The molecule has 242 valence electrons. The van der Waals surface area contributed by atoms with Gasteiger partial charge in [-0.25, -0.2) is 9.59 Å². The molecule has 4 atom stereocenters. The molecule has 3 aromatic carbocycles. The van der Waals surface area contributed by atoms with Crippen molar-refractivity contribution in [1.82, 2.24) is 0 Å². The Bertz CT molecular complexity index is 1840. The number of hydrogen-bond acceptors (Lipinski definition) is 11. The van der Waals surface area contributed by atoms with E-state index in [4.69, 9.17) is 33.8 Å². The van der Waals surface area contributed by atoms with Crippen molar-refractivity contribution in [2.45, 2.75) is 57.4 Å². The number of benzene rings is 3. The summed E-state index contributed by atoms with van der Waals surface area (Å²) in [5.41, 5.74) is 3.62. The van der Waals surface area contributed by atoms with Gasteiger partial charge in [-0.15, -0.1) is 0 Å². The van der Waals surface area contributed by atoms with Gasteiger partial charge in [0.05, 0.1) is 20.1 Å². The molecule has 0 unspecified atom stereocenters. The zero-order chi connectivity index (χ0) is 33.3. The highest BCUT2D eigenvalue weighted by molar-refractivity contribution is 14.1. The molecule has 0 spiro atoms. The van der Waals surface area contributed by atoms with Gasteiger partial charge in [-0.3, -0.25) is 4.79 Å². The van der Waals surface area contributed by atoms with Crippen molar-refractivity contribution < 1.29 is 47.9 Å². The molecule has 2 heterocycles. The number of fused-ring (bicyclic) bond motifs is 1. The largest absolute Gasteiger partial charge is 0.507 e. The van der Waals surface area contributed by atoms with E-state index < -0.39 is 59.9 Å². The van der Waals surface area contributed by atoms with Crippen molar-refractivity contribution in [1.29, 1.82) is 0 Å². The Hall–Kier alpha value is -4.18. The summed E-state index contributed by atoms with van der Waals surface area (Å²) in [5.74, 6) is 0.380. The summed E-state index contributed by atoms with van der Waals surface area (Å²) >= 11 is 2.10. The number of para-hydroxylation sites is 1. The Morgan fingerprint density at radius 1 is 1.07 bits per heavy atom. The van der Waals surface area contributed by atoms with Crippen molar-refractivity contribution in [3.8, 4) is 23.0 Å². The van der Waals surface area contributed by atoms with Crippen LogP contribution in [-0.4, -0.2) is 59.4 Å². The van der Waals surface area contributed by atoms with Gasteiger partial charge in [-0.2, -0.15) is 0 Å². The molecule has 0 radical (unpaired) electrons. The molecule has 12 nitrogen and oxygen atoms in total. The molecule has 1 aliphatic heterocycles. The molecule has 0 saturated carbocycles. The van der Waals surface area contributed by atoms with E-state index >= 15 is 0 Å². The van der Waals surface area contributed by atoms with Crippen LogP contribution in [0.1, 0.15) is 35.3 Å². The van der Waals surface area contributed by atoms with E-state index in [2.05, 4.69) is 22.6 Å². The van der Waals surface area contributed by atoms with E-state index in [-0.39, 0.29) is 27.8 Å². The van der Waals surface area contributed by atoms with Gasteiger partial charge in [0.25, 0.3) is 0 Å². The van der Waals surface area contributed by atoms with Gasteiger partial charge in [0, 0.05) is 24.7 Å². The molecule has 5 rings (SSSR count). The number of ether oxygens (including phenoxy) is 5. The molecule has 4 N–H and O–H groups in total. The Morgan fingerprint density at radius 2 is 1.78 bits per heavy atom. The lowest BCUT2D eigenvalue weighted by Crippen LogP contribution is -2.65. The zero-order valence-electron chi connectivity index (χ0n) is 25.3. The molecule has 46 heavy (non-hydrogen) atoms. The summed E-state index contributed by atoms with van der Waals surface area (Å²) in [7, 11) is 1.38. The second kappa shape index (κ2) is 13.3. The first-order valence-electron chi connectivity index (χ1n) is 14.2. The number of carbonyl (C=O) groups excluding carboxylic acids is 2. The van der Waals surface area contributed by atoms with Gasteiger partial charge in [-0.05, 0) is 79.8 Å². The van der Waals surface area contributed by atoms with Crippen LogP contribution < -0.4 is 20.8 Å². The summed E-state index contributed by atoms with van der Waals surface area (Å²) in [6.07, 6.45) is -6.47. The van der Waals surface area contributed by atoms with Crippen LogP contribution in [0.2, 0.25) is 0 Å². The zero-order valence-corrected chi connectivity index (χ0v) is 27.5. The quantitative estimate of drug-likeness (QED) is 0.120. The highest BCUT2D eigenvalue weighted by Gasteiger charge is 2.53. The summed E-state index contributed by atoms with van der Waals surface area (Å²) in [6.45, 7) is 4.92. The summed E-state index contributed by atoms with van der Waals surface area (Å²) in [4.78, 5) is 37.9. The molecule has 13 heteroatoms. The average molecular weight is 746 g/mol. The van der Waals surface area contributed by atoms with Crippen LogP contribution in [-0.2, 0) is 20.6 Å². The Balaban J connectivity index is 1.41. The number of halogens is 1. The predicted octanol–water partition coefficient (Wildman–Crippen LogP) is 4.98. The number of hydrogen-bond donors (Lipinski definition) is 3. The van der Waals surface area contributed by atoms with Gasteiger partial charge >= 0.3 is 11.7 Å². The lowest BCUT2D eigenvalue weighted by atomic mass is 9.89. The van der Waals surface area contributed by atoms with E-state index in [1.165, 1.54) is 19.2 Å². The van der Waals surface area contributed by atoms with Crippen LogP contribution in [0.25, 0.3) is 11.0 Å². The van der Waals surface area contributed by atoms with Crippen molar-refractivity contribution in [3.05, 3.63) is 91.3 Å². The lowest BCUT2D eigenvalue weighted by molar-refractivity contribution is -0.304. The third-order valence-electron chi connectivity index (χ3n) is 7.67. The molecule has 1 saturated heterocycles. The van der Waals surface area contributed by atoms with Crippen LogP contribution >= 0.6 is 22.6 Å². The normalized spacial score (nSPS) is 20.7. The number of aliphatic hydroxyl groups excluding tert-OH is 1. The van der Waals surface area contributed by atoms with Gasteiger partial charge in [-0.1, -0.05) is 24.3 Å². The van der Waals surface area contributed by atoms with E-state index in [0.29, 0.717) is 17.1 Å². The number of primary amides is 1. The Labute approximate surface area is 277 Å². The SMILES string of the molecule is CO[C@@H]1[C@@H](OC(N)=O)[C@@H](O)[C@H](Oc2ccc3c(O)c(CC(=O)c4ccc(I)c(Oc5ccccc5)c4)c(=O)oc3c2C)OC1(C)C. The van der Waals surface area contributed by atoms with Crippen molar-refractivity contribution in [3.63, 3.8) is 0 Å². The Morgan fingerprint density at radius 3 is 2.46 bits per heavy atom. The topological polar surface area (TPSA) is 177 Å². The van der Waals surface area contributed by atoms with E-state index in [1.54, 1.807) is 51.1 Å². The maximum absolute atomic E-state index is 13.3. The molecule has 1 aromatic heterocycles. The number of ketones is 1. The van der Waals surface area contributed by atoms with Crippen molar-refractivity contribution in [2.75, 3.05) is 7.11 Å². The maximum atomic E-state index is 13.3. The molecule has 0 aliphatic carbocycles. The standard InChI is InChI=1S/C33H32INO11/c1-16-23(43-31-26(38)28(45-32(35)40)29(41-4)33(2,3)46-31)13-11-19-25(37)20(30(39)44-27(16)19)15-22(36)17-10-12-21(34)24(14-17)42-18-8-6-5-7-9-18/h5-14,26,28-29,31,37-38H,15H2,1-4H3,(H2,35,40)/t26-,28+,29-,31-/m1/s1. The maximum Gasteiger partial charge on any atom is 0.404 e. The van der Waals surface area contributed by atoms with E-state index in [0.717, 1.165) is 3.57 Å². The minimum atomic E-state index is -1.51. The number of amides is 1. The Kier molecular flexibility index (Phi) is 9.58. The number of Topliss-reactive ketones (excluding diaryl/α,β-unsaturated/α-hetero) is 1. The summed E-state index contributed by atoms with van der Waals surface area (Å²) in [5, 5.41) is 22.3. The minimum absolute atomic E-state index is 0.00766. The minimum Gasteiger partial charge on any atom is -0.507 e. The first-order chi connectivity index (χ1) is 21.8. The fourth-order valence-electron chi connectivity index (χ4n) is 5.39. The highest BCUT2D eigenvalue weighted by atomic mass is 127. The fourth-order valence-corrected chi connectivity index (χ4v) is 5.84. The monoisotopic (exact) mass is 745 g/mol. The number of nitrogens with two attached hydrogens (primary N) is 1. The number of carbonyl (C=O) groups is 2. The molecule has 1 aliphatic rings. The van der Waals surface area contributed by atoms with Gasteiger partial charge in [0.15, 0.2) is 18.0 Å². The van der Waals surface area contributed by atoms with Crippen LogP contribution in [0.3, 0.4) is 0 Å². The fraction of sp³-hybridized carbons (Fsp3) is 0.303. The van der Waals surface area contributed by atoms with E-state index in [9.17, 15) is 24.6 Å². The first kappa shape index (κ1) is 33.2. The molecular formula is C33H32INO11. The second-order valence-electron chi connectivity index (χ2n) is 11.2. The van der Waals surface area contributed by atoms with Crippen LogP contribution in [0, 0.1) is 10.5 Å². The van der Waals surface area contributed by atoms with Gasteiger partial charge in [0.1, 0.15) is 34.7 Å². The van der Waals surface area contributed by atoms with Crippen molar-refractivity contribution >= 4 is 45.4 Å². The van der Waals surface area contributed by atoms with Crippen molar-refractivity contribution in [2.24, 2.45) is 5.73 Å². The number of aliphatic hydroxyl groups is 1. The smallest absolute Gasteiger partial charge is 0.404 e. The third-order valence-corrected chi connectivity index (χ3v) is 8.56. The average Bonchev–Trinajstić information content (AvgIpc) is 3.00. The lowest BCUT2D eigenvalue weighted by Gasteiger charge is -2.47. The summed E-state index contributed by atoms with van der Waals surface area (Å²) in [6, 6.07) is 17.0. The molecule has 1 fully saturated rings. The predicted molar refractivity (Wildman–Crippen MR) is 173 cm³/mol. The molecule has 0 bridgehead atoms. The van der Waals surface area contributed by atoms with Gasteiger partial charge in [0.2, 0.25) is 6.29 Å². The van der Waals surface area contributed by atoms with Gasteiger partial charge < -0.3 is 44.0 Å². The molecule has 1 amide bonds.